The zero-order valence-electron chi connectivity index (χ0n) is 14.4. The zero-order chi connectivity index (χ0) is 17.6. The first-order valence-electron chi connectivity index (χ1n) is 7.99. The van der Waals surface area contributed by atoms with Gasteiger partial charge in [-0.2, -0.15) is 5.10 Å². The van der Waals surface area contributed by atoms with Crippen LogP contribution < -0.4 is 10.6 Å². The minimum atomic E-state index is -0.385. The van der Waals surface area contributed by atoms with Crippen LogP contribution in [-0.4, -0.2) is 38.6 Å². The number of hydrogen-bond donors (Lipinski definition) is 3. The second kappa shape index (κ2) is 7.92. The van der Waals surface area contributed by atoms with Crippen molar-refractivity contribution in [1.29, 1.82) is 0 Å². The molecule has 0 saturated heterocycles. The Morgan fingerprint density at radius 2 is 2.17 bits per heavy atom. The Morgan fingerprint density at radius 3 is 2.83 bits per heavy atom. The number of hydrogen-bond acceptors (Lipinski definition) is 4. The van der Waals surface area contributed by atoms with Gasteiger partial charge in [0.25, 0.3) is 0 Å². The van der Waals surface area contributed by atoms with E-state index in [0.717, 1.165) is 11.3 Å². The molecule has 0 bridgehead atoms. The molecule has 0 aliphatic heterocycles. The molecule has 2 rings (SSSR count). The predicted octanol–water partition coefficient (Wildman–Crippen LogP) is 1.86. The van der Waals surface area contributed by atoms with E-state index in [2.05, 4.69) is 20.7 Å². The fourth-order valence-corrected chi connectivity index (χ4v) is 2.59. The Bertz CT molecular complexity index is 653. The number of nitrogens with one attached hydrogen (secondary N) is 2. The molecule has 0 aliphatic carbocycles. The van der Waals surface area contributed by atoms with Crippen LogP contribution in [0.5, 0.6) is 0 Å². The Hall–Kier alpha value is -2.41. The van der Waals surface area contributed by atoms with Crippen molar-refractivity contribution in [2.45, 2.75) is 39.8 Å². The van der Waals surface area contributed by atoms with Crippen molar-refractivity contribution in [2.24, 2.45) is 5.41 Å². The van der Waals surface area contributed by atoms with Gasteiger partial charge in [-0.3, -0.25) is 0 Å². The van der Waals surface area contributed by atoms with E-state index in [4.69, 9.17) is 0 Å². The molecule has 0 fully saturated rings. The maximum absolute atomic E-state index is 12.0. The van der Waals surface area contributed by atoms with Gasteiger partial charge in [-0.15, -0.1) is 0 Å². The molecule has 0 saturated carbocycles. The van der Waals surface area contributed by atoms with Crippen LogP contribution in [-0.2, 0) is 6.54 Å². The van der Waals surface area contributed by atoms with E-state index in [1.807, 2.05) is 38.1 Å². The third kappa shape index (κ3) is 5.66. The molecule has 2 amide bonds. The van der Waals surface area contributed by atoms with Gasteiger partial charge in [0.15, 0.2) is 0 Å². The molecule has 0 spiro atoms. The number of amides is 2. The number of carbonyl (C=O) groups excluding carboxylic acids is 1. The van der Waals surface area contributed by atoms with Gasteiger partial charge in [-0.05, 0) is 36.5 Å². The molecule has 3 N–H and O–H groups in total. The molecule has 1 atom stereocenters. The molecule has 7 nitrogen and oxygen atoms in total. The highest BCUT2D eigenvalue weighted by molar-refractivity contribution is 5.73. The molecular weight excluding hydrogens is 306 g/mol. The van der Waals surface area contributed by atoms with Crippen LogP contribution in [0.25, 0.3) is 5.69 Å². The molecule has 1 aromatic carbocycles. The lowest BCUT2D eigenvalue weighted by Gasteiger charge is -2.26. The van der Waals surface area contributed by atoms with E-state index in [0.29, 0.717) is 19.5 Å². The van der Waals surface area contributed by atoms with Crippen LogP contribution >= 0.6 is 0 Å². The van der Waals surface area contributed by atoms with Crippen molar-refractivity contribution in [3.8, 4) is 5.69 Å². The van der Waals surface area contributed by atoms with Crippen molar-refractivity contribution in [3.05, 3.63) is 42.5 Å². The lowest BCUT2D eigenvalue weighted by molar-refractivity contribution is 0.129. The van der Waals surface area contributed by atoms with Gasteiger partial charge >= 0.3 is 6.03 Å². The normalized spacial score (nSPS) is 12.7. The first kappa shape index (κ1) is 17.9. The summed E-state index contributed by atoms with van der Waals surface area (Å²) >= 11 is 0. The molecule has 0 radical (unpaired) electrons. The minimum absolute atomic E-state index is 0.154. The second-order valence-electron chi connectivity index (χ2n) is 6.76. The van der Waals surface area contributed by atoms with Gasteiger partial charge in [-0.1, -0.05) is 26.0 Å². The zero-order valence-corrected chi connectivity index (χ0v) is 14.4. The Labute approximate surface area is 142 Å². The highest BCUT2D eigenvalue weighted by Crippen LogP contribution is 2.20. The molecule has 0 aliphatic rings. The molecule has 130 valence electrons. The van der Waals surface area contributed by atoms with Crippen molar-refractivity contribution < 1.29 is 9.90 Å². The largest absolute Gasteiger partial charge is 0.393 e. The van der Waals surface area contributed by atoms with Crippen LogP contribution in [0.2, 0.25) is 0 Å². The summed E-state index contributed by atoms with van der Waals surface area (Å²) in [6.07, 6.45) is 3.36. The van der Waals surface area contributed by atoms with Crippen LogP contribution in [0, 0.1) is 5.41 Å². The number of carbonyl (C=O) groups is 1. The van der Waals surface area contributed by atoms with E-state index in [-0.39, 0.29) is 17.6 Å². The summed E-state index contributed by atoms with van der Waals surface area (Å²) in [7, 11) is 0. The molecule has 24 heavy (non-hydrogen) atoms. The first-order chi connectivity index (χ1) is 11.4. The highest BCUT2D eigenvalue weighted by Gasteiger charge is 2.20. The number of aliphatic hydroxyl groups excluding tert-OH is 1. The SMILES string of the molecule is CC(O)CC(C)(C)CNC(=O)NCc1cccc(-n2cncn2)c1. The van der Waals surface area contributed by atoms with Crippen molar-refractivity contribution in [1.82, 2.24) is 25.4 Å². The van der Waals surface area contributed by atoms with Crippen molar-refractivity contribution >= 4 is 6.03 Å². The quantitative estimate of drug-likeness (QED) is 0.722. The van der Waals surface area contributed by atoms with Crippen LogP contribution in [0.15, 0.2) is 36.9 Å². The third-order valence-corrected chi connectivity index (χ3v) is 3.62. The van der Waals surface area contributed by atoms with E-state index >= 15 is 0 Å². The summed E-state index contributed by atoms with van der Waals surface area (Å²) in [6.45, 7) is 6.71. The Morgan fingerprint density at radius 1 is 1.38 bits per heavy atom. The number of rotatable bonds is 7. The van der Waals surface area contributed by atoms with E-state index in [1.54, 1.807) is 17.9 Å². The highest BCUT2D eigenvalue weighted by atomic mass is 16.3. The Kier molecular flexibility index (Phi) is 5.92. The summed E-state index contributed by atoms with van der Waals surface area (Å²) in [5.41, 5.74) is 1.71. The summed E-state index contributed by atoms with van der Waals surface area (Å²) in [6, 6.07) is 7.51. The molecule has 1 aromatic heterocycles. The van der Waals surface area contributed by atoms with E-state index < -0.39 is 0 Å². The second-order valence-corrected chi connectivity index (χ2v) is 6.76. The monoisotopic (exact) mass is 331 g/mol. The van der Waals surface area contributed by atoms with Crippen molar-refractivity contribution in [3.63, 3.8) is 0 Å². The lowest BCUT2D eigenvalue weighted by Crippen LogP contribution is -2.41. The smallest absolute Gasteiger partial charge is 0.315 e. The molecule has 7 heteroatoms. The van der Waals surface area contributed by atoms with Gasteiger partial charge in [0.2, 0.25) is 0 Å². The summed E-state index contributed by atoms with van der Waals surface area (Å²) in [5, 5.41) is 19.2. The summed E-state index contributed by atoms with van der Waals surface area (Å²) in [4.78, 5) is 15.9. The lowest BCUT2D eigenvalue weighted by atomic mass is 9.87. The number of urea groups is 1. The number of aliphatic hydroxyl groups is 1. The van der Waals surface area contributed by atoms with Crippen LogP contribution in [0.1, 0.15) is 32.8 Å². The molecule has 1 heterocycles. The number of benzene rings is 1. The van der Waals surface area contributed by atoms with Gasteiger partial charge in [0.05, 0.1) is 11.8 Å². The maximum atomic E-state index is 12.0. The van der Waals surface area contributed by atoms with Crippen LogP contribution in [0.4, 0.5) is 4.79 Å². The average molecular weight is 331 g/mol. The standard InChI is InChI=1S/C17H25N5O2/c1-13(23)8-17(2,3)10-20-16(24)19-9-14-5-4-6-15(7-14)22-12-18-11-21-22/h4-7,11-13,23H,8-10H2,1-3H3,(H2,19,20,24). The topological polar surface area (TPSA) is 92.1 Å². The van der Waals surface area contributed by atoms with Gasteiger partial charge in [-0.25, -0.2) is 14.5 Å². The van der Waals surface area contributed by atoms with Gasteiger partial charge < -0.3 is 15.7 Å². The van der Waals surface area contributed by atoms with Crippen molar-refractivity contribution in [2.75, 3.05) is 6.54 Å². The predicted molar refractivity (Wildman–Crippen MR) is 91.7 cm³/mol. The van der Waals surface area contributed by atoms with Crippen LogP contribution in [0.3, 0.4) is 0 Å². The number of aromatic nitrogens is 3. The average Bonchev–Trinajstić information content (AvgIpc) is 3.04. The van der Waals surface area contributed by atoms with E-state index in [1.165, 1.54) is 6.33 Å². The fourth-order valence-electron chi connectivity index (χ4n) is 2.59. The van der Waals surface area contributed by atoms with Gasteiger partial charge in [0, 0.05) is 13.1 Å². The van der Waals surface area contributed by atoms with Gasteiger partial charge in [0.1, 0.15) is 12.7 Å². The molecule has 2 aromatic rings. The molecular formula is C17H25N5O2. The maximum Gasteiger partial charge on any atom is 0.315 e. The molecule has 1 unspecified atom stereocenters. The third-order valence-electron chi connectivity index (χ3n) is 3.62. The van der Waals surface area contributed by atoms with E-state index in [9.17, 15) is 9.90 Å². The first-order valence-corrected chi connectivity index (χ1v) is 7.99. The summed E-state index contributed by atoms with van der Waals surface area (Å²) in [5.74, 6) is 0. The Balaban J connectivity index is 1.83. The fraction of sp³-hybridized carbons (Fsp3) is 0.471. The minimum Gasteiger partial charge on any atom is -0.393 e. The summed E-state index contributed by atoms with van der Waals surface area (Å²) < 4.78 is 1.67. The number of nitrogens with zero attached hydrogens (tertiary/aromatic N) is 3.